The molecule has 8 nitrogen and oxygen atoms in total. The van der Waals surface area contributed by atoms with Crippen LogP contribution in [0.5, 0.6) is 5.75 Å². The molecule has 3 atom stereocenters. The molecule has 3 unspecified atom stereocenters. The van der Waals surface area contributed by atoms with Gasteiger partial charge >= 0.3 is 5.97 Å². The van der Waals surface area contributed by atoms with Crippen molar-refractivity contribution in [3.8, 4) is 16.9 Å². The van der Waals surface area contributed by atoms with Crippen molar-refractivity contribution in [3.63, 3.8) is 0 Å². The van der Waals surface area contributed by atoms with Gasteiger partial charge in [0.25, 0.3) is 5.91 Å². The molecule has 0 aliphatic heterocycles. The van der Waals surface area contributed by atoms with Crippen LogP contribution in [0.2, 0.25) is 0 Å². The fraction of sp³-hybridized carbons (Fsp3) is 0.429. The van der Waals surface area contributed by atoms with Crippen LogP contribution < -0.4 is 10.1 Å². The molecule has 1 fully saturated rings. The highest BCUT2D eigenvalue weighted by molar-refractivity contribution is 7.79. The van der Waals surface area contributed by atoms with E-state index in [-0.39, 0.29) is 18.2 Å². The first-order valence-corrected chi connectivity index (χ1v) is 16.6. The third-order valence-corrected chi connectivity index (χ3v) is 9.08. The highest BCUT2D eigenvalue weighted by Gasteiger charge is 2.25. The van der Waals surface area contributed by atoms with Crippen LogP contribution in [0.1, 0.15) is 66.4 Å². The Kier molecular flexibility index (Phi) is 12.5. The summed E-state index contributed by atoms with van der Waals surface area (Å²) in [5, 5.41) is 12.1. The summed E-state index contributed by atoms with van der Waals surface area (Å²) in [6, 6.07) is 22.2. The standard InChI is InChI=1S/C35H44N2O6S/c1-25-11-9-10-16-30(25)32-22-27(17-18-31(32)34(38)36-33(35(39)40)19-20-44(41)42)23-37(2)28(21-26-12-5-3-6-13-26)24-43-29-14-7-4-8-15-29/h4,7-11,14-18,22,26,28,33H,3,5-6,12-13,19-21,23-24H2,1-2H3,(H,36,38)(H,39,40)(H,41,42)/p-1. The average molecular weight is 620 g/mol. The Morgan fingerprint density at radius 2 is 1.73 bits per heavy atom. The fourth-order valence-electron chi connectivity index (χ4n) is 6.00. The minimum atomic E-state index is -2.41. The van der Waals surface area contributed by atoms with Gasteiger partial charge in [-0.15, -0.1) is 0 Å². The van der Waals surface area contributed by atoms with Gasteiger partial charge in [-0.05, 0) is 79.3 Å². The van der Waals surface area contributed by atoms with Crippen molar-refractivity contribution in [3.05, 3.63) is 89.5 Å². The number of carbonyl (C=O) groups excluding carboxylic acids is 1. The van der Waals surface area contributed by atoms with E-state index < -0.39 is 29.0 Å². The number of nitrogens with one attached hydrogen (secondary N) is 1. The maximum atomic E-state index is 13.4. The van der Waals surface area contributed by atoms with Gasteiger partial charge in [0.2, 0.25) is 0 Å². The first-order chi connectivity index (χ1) is 21.2. The molecular weight excluding hydrogens is 576 g/mol. The molecule has 1 aliphatic carbocycles. The second-order valence-electron chi connectivity index (χ2n) is 11.8. The number of carbonyl (C=O) groups is 2. The summed E-state index contributed by atoms with van der Waals surface area (Å²) < 4.78 is 28.3. The van der Waals surface area contributed by atoms with E-state index in [0.717, 1.165) is 28.9 Å². The zero-order valence-corrected chi connectivity index (χ0v) is 26.4. The summed E-state index contributed by atoms with van der Waals surface area (Å²) in [6.45, 7) is 3.19. The van der Waals surface area contributed by atoms with Crippen LogP contribution in [0.4, 0.5) is 0 Å². The number of nitrogens with zero attached hydrogens (tertiary/aromatic N) is 1. The van der Waals surface area contributed by atoms with Gasteiger partial charge < -0.3 is 19.7 Å². The first kappa shape index (κ1) is 33.4. The van der Waals surface area contributed by atoms with Crippen LogP contribution in [0.3, 0.4) is 0 Å². The van der Waals surface area contributed by atoms with Crippen LogP contribution in [-0.4, -0.2) is 62.1 Å². The zero-order chi connectivity index (χ0) is 31.5. The normalized spacial score (nSPS) is 15.8. The number of aliphatic carboxylic acids is 1. The number of hydrogen-bond donors (Lipinski definition) is 2. The molecule has 0 spiro atoms. The number of ether oxygens (including phenoxy) is 1. The molecule has 3 aromatic carbocycles. The topological polar surface area (TPSA) is 119 Å². The van der Waals surface area contributed by atoms with E-state index in [9.17, 15) is 23.5 Å². The summed E-state index contributed by atoms with van der Waals surface area (Å²) in [5.41, 5.74) is 3.92. The quantitative estimate of drug-likeness (QED) is 0.201. The van der Waals surface area contributed by atoms with E-state index in [0.29, 0.717) is 30.2 Å². The third kappa shape index (κ3) is 9.74. The van der Waals surface area contributed by atoms with E-state index >= 15 is 0 Å². The number of likely N-dealkylation sites (N-methyl/N-ethyl adjacent to an activating group) is 1. The number of carboxylic acids is 1. The third-order valence-electron chi connectivity index (χ3n) is 8.51. The molecule has 0 aromatic heterocycles. The number of para-hydroxylation sites is 1. The summed E-state index contributed by atoms with van der Waals surface area (Å²) >= 11 is -2.41. The van der Waals surface area contributed by atoms with Crippen molar-refractivity contribution in [1.82, 2.24) is 10.2 Å². The van der Waals surface area contributed by atoms with Crippen LogP contribution >= 0.6 is 0 Å². The number of amides is 1. The highest BCUT2D eigenvalue weighted by Crippen LogP contribution is 2.31. The number of hydrogen-bond acceptors (Lipinski definition) is 6. The van der Waals surface area contributed by atoms with Crippen molar-refractivity contribution < 1.29 is 28.2 Å². The van der Waals surface area contributed by atoms with Crippen molar-refractivity contribution in [2.45, 2.75) is 70.5 Å². The molecule has 1 aliphatic rings. The molecule has 0 heterocycles. The van der Waals surface area contributed by atoms with Gasteiger partial charge in [-0.25, -0.2) is 4.79 Å². The van der Waals surface area contributed by atoms with Gasteiger partial charge in [-0.1, -0.05) is 91.7 Å². The van der Waals surface area contributed by atoms with Crippen molar-refractivity contribution in [2.24, 2.45) is 5.92 Å². The molecule has 1 amide bonds. The minimum Gasteiger partial charge on any atom is -0.772 e. The van der Waals surface area contributed by atoms with Crippen molar-refractivity contribution in [2.75, 3.05) is 19.4 Å². The van der Waals surface area contributed by atoms with Crippen LogP contribution in [0.25, 0.3) is 11.1 Å². The molecule has 0 radical (unpaired) electrons. The summed E-state index contributed by atoms with van der Waals surface area (Å²) in [6.07, 6.45) is 7.21. The maximum absolute atomic E-state index is 13.4. The lowest BCUT2D eigenvalue weighted by atomic mass is 9.84. The van der Waals surface area contributed by atoms with Crippen molar-refractivity contribution in [1.29, 1.82) is 0 Å². The van der Waals surface area contributed by atoms with E-state index in [1.807, 2.05) is 73.7 Å². The number of benzene rings is 3. The molecule has 4 rings (SSSR count). The lowest BCUT2D eigenvalue weighted by Gasteiger charge is -2.33. The number of aryl methyl sites for hydroxylation is 1. The molecule has 236 valence electrons. The number of carboxylic acid groups (broad SMARTS) is 1. The van der Waals surface area contributed by atoms with Gasteiger partial charge in [0.05, 0.1) is 0 Å². The van der Waals surface area contributed by atoms with Crippen LogP contribution in [0, 0.1) is 12.8 Å². The first-order valence-electron chi connectivity index (χ1n) is 15.4. The Balaban J connectivity index is 1.58. The molecule has 3 aromatic rings. The molecule has 1 saturated carbocycles. The monoisotopic (exact) mass is 619 g/mol. The van der Waals surface area contributed by atoms with E-state index in [1.54, 1.807) is 6.07 Å². The smallest absolute Gasteiger partial charge is 0.326 e. The predicted molar refractivity (Wildman–Crippen MR) is 172 cm³/mol. The Morgan fingerprint density at radius 3 is 2.41 bits per heavy atom. The zero-order valence-electron chi connectivity index (χ0n) is 25.6. The summed E-state index contributed by atoms with van der Waals surface area (Å²) in [7, 11) is 2.12. The van der Waals surface area contributed by atoms with E-state index in [4.69, 9.17) is 4.74 Å². The Bertz CT molecular complexity index is 1410. The van der Waals surface area contributed by atoms with E-state index in [2.05, 4.69) is 17.3 Å². The lowest BCUT2D eigenvalue weighted by molar-refractivity contribution is -0.139. The molecule has 2 N–H and O–H groups in total. The highest BCUT2D eigenvalue weighted by atomic mass is 32.2. The number of rotatable bonds is 15. The van der Waals surface area contributed by atoms with Gasteiger partial charge in [-0.2, -0.15) is 0 Å². The van der Waals surface area contributed by atoms with Gasteiger partial charge in [-0.3, -0.25) is 13.9 Å². The molecule has 0 saturated heterocycles. The Morgan fingerprint density at radius 1 is 1.02 bits per heavy atom. The molecule has 9 heteroatoms. The SMILES string of the molecule is Cc1ccccc1-c1cc(CN(C)C(COc2ccccc2)CC2CCCCC2)ccc1C(=O)NC(CCS(=O)[O-])C(=O)O. The largest absolute Gasteiger partial charge is 0.772 e. The van der Waals surface area contributed by atoms with Crippen LogP contribution in [0.15, 0.2) is 72.8 Å². The summed E-state index contributed by atoms with van der Waals surface area (Å²) in [4.78, 5) is 27.6. The van der Waals surface area contributed by atoms with Crippen LogP contribution in [-0.2, 0) is 22.4 Å². The second-order valence-corrected chi connectivity index (χ2v) is 12.8. The predicted octanol–water partition coefficient (Wildman–Crippen LogP) is 5.96. The minimum absolute atomic E-state index is 0.200. The van der Waals surface area contributed by atoms with Gasteiger partial charge in [0.15, 0.2) is 0 Å². The van der Waals surface area contributed by atoms with Crippen molar-refractivity contribution >= 4 is 23.0 Å². The Hall–Kier alpha value is -3.53. The fourth-order valence-corrected chi connectivity index (χ4v) is 6.43. The van der Waals surface area contributed by atoms with Gasteiger partial charge in [0, 0.05) is 23.9 Å². The Labute approximate surface area is 263 Å². The van der Waals surface area contributed by atoms with E-state index in [1.165, 1.54) is 32.1 Å². The summed E-state index contributed by atoms with van der Waals surface area (Å²) in [5.74, 6) is -0.665. The molecular formula is C35H43N2O6S-. The second kappa shape index (κ2) is 16.5. The average Bonchev–Trinajstić information content (AvgIpc) is 3.02. The molecule has 0 bridgehead atoms. The lowest BCUT2D eigenvalue weighted by Crippen LogP contribution is -2.41. The maximum Gasteiger partial charge on any atom is 0.326 e. The molecule has 44 heavy (non-hydrogen) atoms. The van der Waals surface area contributed by atoms with Gasteiger partial charge in [0.1, 0.15) is 18.4 Å².